The zero-order chi connectivity index (χ0) is 20.3. The van der Waals surface area contributed by atoms with Crippen LogP contribution in [0.3, 0.4) is 0 Å². The minimum absolute atomic E-state index is 0.138. The summed E-state index contributed by atoms with van der Waals surface area (Å²) in [4.78, 5) is 2.23. The molecular weight excluding hydrogens is 368 g/mol. The molecule has 1 aliphatic heterocycles. The molecule has 30 heavy (non-hydrogen) atoms. The molecule has 2 heterocycles. The van der Waals surface area contributed by atoms with E-state index in [0.717, 1.165) is 32.5 Å². The van der Waals surface area contributed by atoms with Crippen molar-refractivity contribution in [1.29, 1.82) is 0 Å². The van der Waals surface area contributed by atoms with Crippen molar-refractivity contribution >= 4 is 10.9 Å². The molecule has 1 N–H and O–H groups in total. The first-order valence-electron chi connectivity index (χ1n) is 10.9. The second-order valence-electron chi connectivity index (χ2n) is 8.33. The van der Waals surface area contributed by atoms with E-state index in [1.54, 1.807) is 0 Å². The highest BCUT2D eigenvalue weighted by Gasteiger charge is 2.32. The van der Waals surface area contributed by atoms with Crippen LogP contribution in [0.5, 0.6) is 0 Å². The molecule has 0 radical (unpaired) electrons. The molecule has 1 fully saturated rings. The van der Waals surface area contributed by atoms with Gasteiger partial charge in [0.05, 0.1) is 0 Å². The molecule has 1 saturated heterocycles. The van der Waals surface area contributed by atoms with Crippen LogP contribution in [0, 0.1) is 0 Å². The third kappa shape index (κ3) is 3.79. The average Bonchev–Trinajstić information content (AvgIpc) is 3.20. The molecule has 1 aliphatic rings. The van der Waals surface area contributed by atoms with Gasteiger partial charge in [-0.3, -0.25) is 4.90 Å². The van der Waals surface area contributed by atoms with E-state index in [1.807, 2.05) is 6.07 Å². The number of likely N-dealkylation sites (tertiary alicyclic amines) is 1. The maximum atomic E-state index is 11.3. The van der Waals surface area contributed by atoms with Crippen LogP contribution in [0.15, 0.2) is 91.1 Å². The third-order valence-electron chi connectivity index (χ3n) is 6.37. The van der Waals surface area contributed by atoms with Gasteiger partial charge in [-0.25, -0.2) is 0 Å². The predicted octanol–water partition coefficient (Wildman–Crippen LogP) is 5.39. The minimum atomic E-state index is -0.456. The first kappa shape index (κ1) is 19.1. The molecule has 3 aromatic carbocycles. The molecule has 1 aromatic heterocycles. The molecule has 0 spiro atoms. The Morgan fingerprint density at radius 3 is 2.20 bits per heavy atom. The topological polar surface area (TPSA) is 28.4 Å². The van der Waals surface area contributed by atoms with Crippen LogP contribution in [0.25, 0.3) is 10.9 Å². The molecule has 152 valence electrons. The molecule has 4 aromatic rings. The number of piperidine rings is 1. The van der Waals surface area contributed by atoms with Crippen LogP contribution in [0.4, 0.5) is 0 Å². The number of nitrogens with zero attached hydrogens (tertiary/aromatic N) is 2. The Labute approximate surface area is 178 Å². The van der Waals surface area contributed by atoms with Crippen molar-refractivity contribution in [2.45, 2.75) is 38.1 Å². The Kier molecular flexibility index (Phi) is 5.39. The normalized spacial score (nSPS) is 19.9. The Morgan fingerprint density at radius 2 is 1.47 bits per heavy atom. The zero-order valence-electron chi connectivity index (χ0n) is 17.2. The molecule has 5 rings (SSSR count). The van der Waals surface area contributed by atoms with Crippen LogP contribution < -0.4 is 0 Å². The number of aliphatic hydroxyl groups is 1. The lowest BCUT2D eigenvalue weighted by Crippen LogP contribution is -2.43. The highest BCUT2D eigenvalue weighted by Crippen LogP contribution is 2.36. The fraction of sp³-hybridized carbons (Fsp3) is 0.259. The van der Waals surface area contributed by atoms with Gasteiger partial charge in [0.15, 0.2) is 0 Å². The number of hydrogen-bond acceptors (Lipinski definition) is 2. The van der Waals surface area contributed by atoms with E-state index in [9.17, 15) is 5.11 Å². The third-order valence-corrected chi connectivity index (χ3v) is 6.37. The van der Waals surface area contributed by atoms with Crippen molar-refractivity contribution < 1.29 is 5.11 Å². The van der Waals surface area contributed by atoms with Gasteiger partial charge in [-0.15, -0.1) is 0 Å². The molecule has 3 heteroatoms. The van der Waals surface area contributed by atoms with Crippen molar-refractivity contribution in [1.82, 2.24) is 9.47 Å². The number of hydrogen-bond donors (Lipinski definition) is 1. The fourth-order valence-corrected chi connectivity index (χ4v) is 4.85. The lowest BCUT2D eigenvalue weighted by atomic mass is 9.86. The van der Waals surface area contributed by atoms with Crippen molar-refractivity contribution in [2.75, 3.05) is 6.54 Å². The summed E-state index contributed by atoms with van der Waals surface area (Å²) in [6, 6.07) is 29.8. The first-order chi connectivity index (χ1) is 14.8. The summed E-state index contributed by atoms with van der Waals surface area (Å²) >= 11 is 0. The Balaban J connectivity index is 1.42. The van der Waals surface area contributed by atoms with E-state index in [2.05, 4.69) is 94.5 Å². The number of fused-ring (bicyclic) bond motifs is 1. The summed E-state index contributed by atoms with van der Waals surface area (Å²) in [7, 11) is 0. The molecule has 0 bridgehead atoms. The second kappa shape index (κ2) is 8.47. The van der Waals surface area contributed by atoms with Gasteiger partial charge in [-0.1, -0.05) is 72.8 Å². The van der Waals surface area contributed by atoms with Gasteiger partial charge in [0.25, 0.3) is 0 Å². The summed E-state index contributed by atoms with van der Waals surface area (Å²) in [5, 5.41) is 12.5. The molecular formula is C27H28N2O. The van der Waals surface area contributed by atoms with Gasteiger partial charge < -0.3 is 9.67 Å². The lowest BCUT2D eigenvalue weighted by Gasteiger charge is -2.38. The van der Waals surface area contributed by atoms with Crippen LogP contribution in [0.1, 0.15) is 35.4 Å². The average molecular weight is 397 g/mol. The quantitative estimate of drug-likeness (QED) is 0.490. The van der Waals surface area contributed by atoms with Crippen LogP contribution >= 0.6 is 0 Å². The molecule has 2 atom stereocenters. The summed E-state index contributed by atoms with van der Waals surface area (Å²) in [6.45, 7) is 2.60. The molecule has 2 unspecified atom stereocenters. The van der Waals surface area contributed by atoms with E-state index in [-0.39, 0.29) is 5.92 Å². The summed E-state index contributed by atoms with van der Waals surface area (Å²) in [5.74, 6) is 0.138. The highest BCUT2D eigenvalue weighted by atomic mass is 16.3. The van der Waals surface area contributed by atoms with Crippen molar-refractivity contribution in [3.63, 3.8) is 0 Å². The van der Waals surface area contributed by atoms with Crippen molar-refractivity contribution in [2.24, 2.45) is 0 Å². The standard InChI is InChI=1S/C27H28N2O/c30-27-25(14-8-17-29(27)20-22-11-5-2-6-12-22)23-13-7-15-26-24(23)16-18-28(26)19-21-9-3-1-4-10-21/h1-7,9-13,15-16,18,25,27,30H,8,14,17,19-20H2. The van der Waals surface area contributed by atoms with Crippen LogP contribution in [-0.4, -0.2) is 27.3 Å². The Bertz CT molecular complexity index is 1100. The number of aliphatic hydroxyl groups excluding tert-OH is 1. The first-order valence-corrected chi connectivity index (χ1v) is 10.9. The molecule has 0 saturated carbocycles. The summed E-state index contributed by atoms with van der Waals surface area (Å²) in [6.07, 6.45) is 3.85. The predicted molar refractivity (Wildman–Crippen MR) is 122 cm³/mol. The maximum absolute atomic E-state index is 11.3. The summed E-state index contributed by atoms with van der Waals surface area (Å²) in [5.41, 5.74) is 5.06. The smallest absolute Gasteiger partial charge is 0.114 e. The SMILES string of the molecule is OC1C(c2cccc3c2ccn3Cc2ccccc2)CCCN1Cc1ccccc1. The van der Waals surface area contributed by atoms with Gasteiger partial charge >= 0.3 is 0 Å². The molecule has 0 amide bonds. The molecule has 0 aliphatic carbocycles. The van der Waals surface area contributed by atoms with Crippen LogP contribution in [0.2, 0.25) is 0 Å². The number of aromatic nitrogens is 1. The molecule has 3 nitrogen and oxygen atoms in total. The van der Waals surface area contributed by atoms with Gasteiger partial charge in [-0.05, 0) is 41.7 Å². The second-order valence-corrected chi connectivity index (χ2v) is 8.33. The summed E-state index contributed by atoms with van der Waals surface area (Å²) < 4.78 is 2.31. The minimum Gasteiger partial charge on any atom is -0.378 e. The van der Waals surface area contributed by atoms with Crippen molar-refractivity contribution in [3.8, 4) is 0 Å². The van der Waals surface area contributed by atoms with E-state index in [0.29, 0.717) is 0 Å². The Hall–Kier alpha value is -2.88. The van der Waals surface area contributed by atoms with E-state index >= 15 is 0 Å². The zero-order valence-corrected chi connectivity index (χ0v) is 17.2. The van der Waals surface area contributed by atoms with E-state index < -0.39 is 6.23 Å². The Morgan fingerprint density at radius 1 is 0.767 bits per heavy atom. The van der Waals surface area contributed by atoms with E-state index in [4.69, 9.17) is 0 Å². The number of rotatable bonds is 5. The largest absolute Gasteiger partial charge is 0.378 e. The van der Waals surface area contributed by atoms with Gasteiger partial charge in [0.1, 0.15) is 6.23 Å². The van der Waals surface area contributed by atoms with E-state index in [1.165, 1.54) is 27.6 Å². The number of benzene rings is 3. The lowest BCUT2D eigenvalue weighted by molar-refractivity contribution is -0.0453. The van der Waals surface area contributed by atoms with Gasteiger partial charge in [-0.2, -0.15) is 0 Å². The fourth-order valence-electron chi connectivity index (χ4n) is 4.85. The van der Waals surface area contributed by atoms with Gasteiger partial charge in [0.2, 0.25) is 0 Å². The van der Waals surface area contributed by atoms with Gasteiger partial charge in [0, 0.05) is 42.7 Å². The van der Waals surface area contributed by atoms with Crippen LogP contribution in [-0.2, 0) is 13.1 Å². The van der Waals surface area contributed by atoms with Crippen molar-refractivity contribution in [3.05, 3.63) is 108 Å². The highest BCUT2D eigenvalue weighted by molar-refractivity contribution is 5.84. The monoisotopic (exact) mass is 396 g/mol. The maximum Gasteiger partial charge on any atom is 0.114 e.